The Morgan fingerprint density at radius 3 is 2.95 bits per heavy atom. The summed E-state index contributed by atoms with van der Waals surface area (Å²) in [6.45, 7) is 4.45. The van der Waals surface area contributed by atoms with Gasteiger partial charge < -0.3 is 11.1 Å². The summed E-state index contributed by atoms with van der Waals surface area (Å²) in [5.41, 5.74) is 5.17. The van der Waals surface area contributed by atoms with Crippen LogP contribution >= 0.6 is 11.6 Å². The first kappa shape index (κ1) is 15.2. The van der Waals surface area contributed by atoms with Gasteiger partial charge in [-0.3, -0.25) is 9.59 Å². The Balaban J connectivity index is 2.55. The third kappa shape index (κ3) is 4.75. The average Bonchev–Trinajstić information content (AvgIpc) is 2.37. The third-order valence-electron chi connectivity index (χ3n) is 2.45. The number of hydrogen-bond donors (Lipinski definition) is 2. The van der Waals surface area contributed by atoms with Crippen LogP contribution in [-0.2, 0) is 11.3 Å². The highest BCUT2D eigenvalue weighted by Crippen LogP contribution is 2.15. The zero-order valence-corrected chi connectivity index (χ0v) is 11.3. The van der Waals surface area contributed by atoms with Crippen LogP contribution in [0.15, 0.2) is 23.6 Å². The van der Waals surface area contributed by atoms with Gasteiger partial charge in [0, 0.05) is 13.0 Å². The van der Waals surface area contributed by atoms with E-state index in [1.807, 2.05) is 0 Å². The quantitative estimate of drug-likeness (QED) is 0.553. The minimum absolute atomic E-state index is 0.103. The Morgan fingerprint density at radius 1 is 1.58 bits per heavy atom. The molecule has 0 aromatic carbocycles. The highest BCUT2D eigenvalue weighted by Gasteiger charge is 2.07. The highest BCUT2D eigenvalue weighted by molar-refractivity contribution is 6.32. The van der Waals surface area contributed by atoms with Gasteiger partial charge in [-0.2, -0.15) is 5.10 Å². The second-order valence-corrected chi connectivity index (χ2v) is 4.38. The van der Waals surface area contributed by atoms with E-state index in [0.717, 1.165) is 6.42 Å². The van der Waals surface area contributed by atoms with Crippen molar-refractivity contribution in [2.75, 3.05) is 11.9 Å². The van der Waals surface area contributed by atoms with E-state index in [2.05, 4.69) is 17.0 Å². The standard InChI is InChI=1S/C12H17ClN4O2/c1-2-7-17-12(19)11(13)9(8-16-17)15-6-4-3-5-10(14)18/h2,8,15H,1,3-7H2,(H2,14,18). The van der Waals surface area contributed by atoms with Gasteiger partial charge >= 0.3 is 0 Å². The van der Waals surface area contributed by atoms with Crippen LogP contribution in [0.2, 0.25) is 5.02 Å². The maximum atomic E-state index is 11.8. The first-order valence-corrected chi connectivity index (χ1v) is 6.32. The van der Waals surface area contributed by atoms with Crippen molar-refractivity contribution in [2.24, 2.45) is 5.73 Å². The van der Waals surface area contributed by atoms with E-state index in [1.54, 1.807) is 6.08 Å². The molecule has 0 spiro atoms. The van der Waals surface area contributed by atoms with Crippen molar-refractivity contribution in [2.45, 2.75) is 25.8 Å². The minimum Gasteiger partial charge on any atom is -0.382 e. The maximum Gasteiger partial charge on any atom is 0.287 e. The number of allylic oxidation sites excluding steroid dienone is 1. The van der Waals surface area contributed by atoms with E-state index in [-0.39, 0.29) is 16.5 Å². The largest absolute Gasteiger partial charge is 0.382 e. The van der Waals surface area contributed by atoms with Crippen molar-refractivity contribution < 1.29 is 4.79 Å². The third-order valence-corrected chi connectivity index (χ3v) is 2.82. The van der Waals surface area contributed by atoms with Crippen LogP contribution in [0, 0.1) is 0 Å². The monoisotopic (exact) mass is 284 g/mol. The van der Waals surface area contributed by atoms with Gasteiger partial charge in [0.25, 0.3) is 5.56 Å². The molecule has 104 valence electrons. The Morgan fingerprint density at radius 2 is 2.32 bits per heavy atom. The van der Waals surface area contributed by atoms with E-state index in [0.29, 0.717) is 31.6 Å². The van der Waals surface area contributed by atoms with E-state index in [4.69, 9.17) is 17.3 Å². The summed E-state index contributed by atoms with van der Waals surface area (Å²) >= 11 is 5.95. The number of rotatable bonds is 8. The first-order valence-electron chi connectivity index (χ1n) is 5.95. The fourth-order valence-corrected chi connectivity index (χ4v) is 1.70. The number of hydrogen-bond acceptors (Lipinski definition) is 4. The summed E-state index contributed by atoms with van der Waals surface area (Å²) in [5.74, 6) is -0.313. The number of aromatic nitrogens is 2. The van der Waals surface area contributed by atoms with E-state index < -0.39 is 0 Å². The predicted molar refractivity (Wildman–Crippen MR) is 75.2 cm³/mol. The molecule has 0 aliphatic carbocycles. The molecule has 0 atom stereocenters. The zero-order chi connectivity index (χ0) is 14.3. The molecule has 3 N–H and O–H groups in total. The molecule has 0 fully saturated rings. The molecule has 1 aromatic heterocycles. The van der Waals surface area contributed by atoms with Gasteiger partial charge in [0.15, 0.2) is 0 Å². The molecule has 1 amide bonds. The topological polar surface area (TPSA) is 90.0 Å². The average molecular weight is 285 g/mol. The molecule has 1 heterocycles. The normalized spacial score (nSPS) is 10.2. The molecule has 0 saturated heterocycles. The summed E-state index contributed by atoms with van der Waals surface area (Å²) in [5, 5.41) is 7.08. The van der Waals surface area contributed by atoms with Gasteiger partial charge in [-0.05, 0) is 12.8 Å². The van der Waals surface area contributed by atoms with Crippen molar-refractivity contribution >= 4 is 23.2 Å². The lowest BCUT2D eigenvalue weighted by Gasteiger charge is -2.09. The van der Waals surface area contributed by atoms with Gasteiger partial charge in [-0.25, -0.2) is 4.68 Å². The summed E-state index contributed by atoms with van der Waals surface area (Å²) in [6.07, 6.45) is 4.88. The van der Waals surface area contributed by atoms with E-state index >= 15 is 0 Å². The molecular formula is C12H17ClN4O2. The number of nitrogens with one attached hydrogen (secondary N) is 1. The maximum absolute atomic E-state index is 11.8. The molecule has 6 nitrogen and oxygen atoms in total. The molecule has 0 saturated carbocycles. The number of carbonyl (C=O) groups excluding carboxylic acids is 1. The number of primary amides is 1. The number of carbonyl (C=O) groups is 1. The van der Waals surface area contributed by atoms with Gasteiger partial charge in [0.2, 0.25) is 5.91 Å². The molecule has 7 heteroatoms. The van der Waals surface area contributed by atoms with Crippen molar-refractivity contribution in [1.82, 2.24) is 9.78 Å². The lowest BCUT2D eigenvalue weighted by molar-refractivity contribution is -0.118. The fraction of sp³-hybridized carbons (Fsp3) is 0.417. The van der Waals surface area contributed by atoms with Crippen molar-refractivity contribution in [3.8, 4) is 0 Å². The number of unbranched alkanes of at least 4 members (excludes halogenated alkanes) is 1. The molecule has 19 heavy (non-hydrogen) atoms. The number of amides is 1. The van der Waals surface area contributed by atoms with Crippen molar-refractivity contribution in [1.29, 1.82) is 0 Å². The summed E-state index contributed by atoms with van der Waals surface area (Å²) in [4.78, 5) is 22.3. The van der Waals surface area contributed by atoms with Crippen molar-refractivity contribution in [3.63, 3.8) is 0 Å². The van der Waals surface area contributed by atoms with E-state index in [1.165, 1.54) is 10.9 Å². The minimum atomic E-state index is -0.358. The van der Waals surface area contributed by atoms with Gasteiger partial charge in [0.1, 0.15) is 5.02 Å². The molecule has 0 aliphatic rings. The van der Waals surface area contributed by atoms with Gasteiger partial charge in [-0.15, -0.1) is 6.58 Å². The Hall–Kier alpha value is -1.82. The molecule has 0 radical (unpaired) electrons. The Labute approximate surface area is 116 Å². The Kier molecular flexibility index (Phi) is 6.08. The lowest BCUT2D eigenvalue weighted by atomic mass is 10.2. The molecular weight excluding hydrogens is 268 g/mol. The number of nitrogens with two attached hydrogens (primary N) is 1. The van der Waals surface area contributed by atoms with Gasteiger partial charge in [-0.1, -0.05) is 17.7 Å². The molecule has 1 rings (SSSR count). The first-order chi connectivity index (χ1) is 9.06. The van der Waals surface area contributed by atoms with E-state index in [9.17, 15) is 9.59 Å². The summed E-state index contributed by atoms with van der Waals surface area (Å²) < 4.78 is 1.23. The Bertz CT molecular complexity index is 513. The van der Waals surface area contributed by atoms with Crippen LogP contribution < -0.4 is 16.6 Å². The predicted octanol–water partition coefficient (Wildman–Crippen LogP) is 1.15. The number of halogens is 1. The second-order valence-electron chi connectivity index (χ2n) is 4.00. The van der Waals surface area contributed by atoms with Crippen LogP contribution in [-0.4, -0.2) is 22.2 Å². The molecule has 0 unspecified atom stereocenters. The van der Waals surface area contributed by atoms with Crippen LogP contribution in [0.25, 0.3) is 0 Å². The van der Waals surface area contributed by atoms with Crippen LogP contribution in [0.5, 0.6) is 0 Å². The van der Waals surface area contributed by atoms with Crippen LogP contribution in [0.4, 0.5) is 5.69 Å². The molecule has 1 aromatic rings. The smallest absolute Gasteiger partial charge is 0.287 e. The second kappa shape index (κ2) is 7.58. The van der Waals surface area contributed by atoms with Gasteiger partial charge in [0.05, 0.1) is 18.4 Å². The SMILES string of the molecule is C=CCn1ncc(NCCCCC(N)=O)c(Cl)c1=O. The number of nitrogens with zero attached hydrogens (tertiary/aromatic N) is 2. The molecule has 0 bridgehead atoms. The van der Waals surface area contributed by atoms with Crippen LogP contribution in [0.1, 0.15) is 19.3 Å². The zero-order valence-electron chi connectivity index (χ0n) is 10.6. The lowest BCUT2D eigenvalue weighted by Crippen LogP contribution is -2.23. The summed E-state index contributed by atoms with van der Waals surface area (Å²) in [6, 6.07) is 0. The van der Waals surface area contributed by atoms with Crippen molar-refractivity contribution in [3.05, 3.63) is 34.2 Å². The summed E-state index contributed by atoms with van der Waals surface area (Å²) in [7, 11) is 0. The molecule has 0 aliphatic heterocycles. The fourth-order valence-electron chi connectivity index (χ4n) is 1.49. The number of anilines is 1. The highest BCUT2D eigenvalue weighted by atomic mass is 35.5. The van der Waals surface area contributed by atoms with Crippen LogP contribution in [0.3, 0.4) is 0 Å².